The summed E-state index contributed by atoms with van der Waals surface area (Å²) in [6, 6.07) is 12.0. The maximum atomic E-state index is 12.4. The molecule has 0 bridgehead atoms. The number of fused-ring (bicyclic) bond motifs is 1. The first kappa shape index (κ1) is 21.2. The van der Waals surface area contributed by atoms with Gasteiger partial charge < -0.3 is 15.4 Å². The minimum absolute atomic E-state index is 0. The molecule has 1 aliphatic heterocycles. The number of nitrogens with one attached hydrogen (secondary N) is 2. The Morgan fingerprint density at radius 1 is 1.28 bits per heavy atom. The van der Waals surface area contributed by atoms with Gasteiger partial charge in [0.25, 0.3) is 5.91 Å². The van der Waals surface area contributed by atoms with Crippen LogP contribution in [0.15, 0.2) is 42.6 Å². The van der Waals surface area contributed by atoms with E-state index in [0.717, 1.165) is 13.0 Å². The maximum Gasteiger partial charge on any atom is 0.273 e. The van der Waals surface area contributed by atoms with Crippen LogP contribution in [0, 0.1) is 0 Å². The molecule has 1 atom stereocenters. The molecule has 0 radical (unpaired) electrons. The highest BCUT2D eigenvalue weighted by Gasteiger charge is 2.21. The van der Waals surface area contributed by atoms with Crippen LogP contribution in [0.5, 0.6) is 5.75 Å². The van der Waals surface area contributed by atoms with E-state index < -0.39 is 0 Å². The number of halogens is 2. The monoisotopic (exact) mass is 383 g/mol. The number of rotatable bonds is 5. The van der Waals surface area contributed by atoms with Gasteiger partial charge in [0, 0.05) is 18.8 Å². The smallest absolute Gasteiger partial charge is 0.273 e. The number of amides is 1. The zero-order valence-electron chi connectivity index (χ0n) is 14.0. The third kappa shape index (κ3) is 5.08. The van der Waals surface area contributed by atoms with Crippen molar-refractivity contribution in [1.82, 2.24) is 15.6 Å². The molecule has 0 saturated carbocycles. The number of ether oxygens (including phenoxy) is 1. The highest BCUT2D eigenvalue weighted by molar-refractivity contribution is 5.94. The SMILES string of the molecule is CCOc1cccnc1C(=O)NCC1NCCc2ccccc21.Cl.Cl. The number of hydrogen-bond donors (Lipinski definition) is 2. The van der Waals surface area contributed by atoms with E-state index in [1.807, 2.05) is 13.0 Å². The van der Waals surface area contributed by atoms with Crippen molar-refractivity contribution in [3.63, 3.8) is 0 Å². The van der Waals surface area contributed by atoms with Gasteiger partial charge in [-0.2, -0.15) is 0 Å². The topological polar surface area (TPSA) is 63.2 Å². The Bertz CT molecular complexity index is 698. The molecular weight excluding hydrogens is 361 g/mol. The van der Waals surface area contributed by atoms with Crippen LogP contribution in [-0.2, 0) is 6.42 Å². The van der Waals surface area contributed by atoms with Crippen molar-refractivity contribution in [2.24, 2.45) is 0 Å². The van der Waals surface area contributed by atoms with Crippen molar-refractivity contribution >= 4 is 30.7 Å². The fourth-order valence-corrected chi connectivity index (χ4v) is 2.89. The average molecular weight is 384 g/mol. The second-order valence-corrected chi connectivity index (χ2v) is 5.45. The van der Waals surface area contributed by atoms with E-state index in [9.17, 15) is 4.79 Å². The molecule has 3 rings (SSSR count). The molecule has 1 amide bonds. The molecule has 1 unspecified atom stereocenters. The van der Waals surface area contributed by atoms with Crippen LogP contribution in [0.3, 0.4) is 0 Å². The molecular formula is C18H23Cl2N3O2. The van der Waals surface area contributed by atoms with E-state index in [-0.39, 0.29) is 36.8 Å². The first-order valence-electron chi connectivity index (χ1n) is 7.96. The molecule has 2 aromatic rings. The fourth-order valence-electron chi connectivity index (χ4n) is 2.89. The summed E-state index contributed by atoms with van der Waals surface area (Å²) in [4.78, 5) is 16.6. The molecule has 1 aliphatic rings. The lowest BCUT2D eigenvalue weighted by molar-refractivity contribution is 0.0940. The summed E-state index contributed by atoms with van der Waals surface area (Å²) in [5, 5.41) is 6.42. The van der Waals surface area contributed by atoms with E-state index in [1.165, 1.54) is 11.1 Å². The Morgan fingerprint density at radius 3 is 2.88 bits per heavy atom. The van der Waals surface area contributed by atoms with Crippen LogP contribution in [0.4, 0.5) is 0 Å². The Hall–Kier alpha value is -1.82. The van der Waals surface area contributed by atoms with Crippen molar-refractivity contribution in [3.8, 4) is 5.75 Å². The summed E-state index contributed by atoms with van der Waals surface area (Å²) in [5.41, 5.74) is 2.93. The van der Waals surface area contributed by atoms with Gasteiger partial charge in [0.15, 0.2) is 11.4 Å². The van der Waals surface area contributed by atoms with Crippen LogP contribution in [0.2, 0.25) is 0 Å². The predicted molar refractivity (Wildman–Crippen MR) is 103 cm³/mol. The van der Waals surface area contributed by atoms with Gasteiger partial charge in [-0.25, -0.2) is 4.98 Å². The molecule has 0 saturated heterocycles. The van der Waals surface area contributed by atoms with Crippen LogP contribution in [-0.4, -0.2) is 30.6 Å². The largest absolute Gasteiger partial charge is 0.491 e. The Morgan fingerprint density at radius 2 is 2.08 bits per heavy atom. The van der Waals surface area contributed by atoms with E-state index >= 15 is 0 Å². The van der Waals surface area contributed by atoms with Gasteiger partial charge >= 0.3 is 0 Å². The van der Waals surface area contributed by atoms with E-state index in [0.29, 0.717) is 24.6 Å². The third-order valence-electron chi connectivity index (χ3n) is 3.97. The van der Waals surface area contributed by atoms with Gasteiger partial charge in [-0.1, -0.05) is 24.3 Å². The molecule has 0 aliphatic carbocycles. The van der Waals surface area contributed by atoms with E-state index in [4.69, 9.17) is 4.74 Å². The lowest BCUT2D eigenvalue weighted by atomic mass is 9.94. The summed E-state index contributed by atoms with van der Waals surface area (Å²) in [6.07, 6.45) is 2.63. The quantitative estimate of drug-likeness (QED) is 0.832. The molecule has 5 nitrogen and oxygen atoms in total. The molecule has 2 heterocycles. The summed E-state index contributed by atoms with van der Waals surface area (Å²) in [5.74, 6) is 0.309. The molecule has 1 aromatic carbocycles. The predicted octanol–water partition coefficient (Wildman–Crippen LogP) is 2.94. The maximum absolute atomic E-state index is 12.4. The summed E-state index contributed by atoms with van der Waals surface area (Å²) < 4.78 is 5.47. The lowest BCUT2D eigenvalue weighted by Gasteiger charge is -2.27. The third-order valence-corrected chi connectivity index (χ3v) is 3.97. The number of aromatic nitrogens is 1. The first-order chi connectivity index (χ1) is 11.3. The van der Waals surface area contributed by atoms with Crippen LogP contribution in [0.25, 0.3) is 0 Å². The molecule has 25 heavy (non-hydrogen) atoms. The van der Waals surface area contributed by atoms with Crippen molar-refractivity contribution in [1.29, 1.82) is 0 Å². The first-order valence-corrected chi connectivity index (χ1v) is 7.96. The molecule has 1 aromatic heterocycles. The summed E-state index contributed by atoms with van der Waals surface area (Å²) in [7, 11) is 0. The molecule has 0 fully saturated rings. The zero-order chi connectivity index (χ0) is 16.1. The normalized spacial score (nSPS) is 15.2. The highest BCUT2D eigenvalue weighted by atomic mass is 35.5. The van der Waals surface area contributed by atoms with Gasteiger partial charge in [0.2, 0.25) is 0 Å². The summed E-state index contributed by atoms with van der Waals surface area (Å²) >= 11 is 0. The number of hydrogen-bond acceptors (Lipinski definition) is 4. The number of nitrogens with zero attached hydrogens (tertiary/aromatic N) is 1. The number of carbonyl (C=O) groups excluding carboxylic acids is 1. The van der Waals surface area contributed by atoms with E-state index in [1.54, 1.807) is 18.3 Å². The van der Waals surface area contributed by atoms with Crippen LogP contribution in [0.1, 0.15) is 34.6 Å². The fraction of sp³-hybridized carbons (Fsp3) is 0.333. The zero-order valence-corrected chi connectivity index (χ0v) is 15.7. The Labute approximate surface area is 160 Å². The van der Waals surface area contributed by atoms with Gasteiger partial charge in [0.1, 0.15) is 0 Å². The van der Waals surface area contributed by atoms with Crippen LogP contribution < -0.4 is 15.4 Å². The second-order valence-electron chi connectivity index (χ2n) is 5.45. The highest BCUT2D eigenvalue weighted by Crippen LogP contribution is 2.22. The van der Waals surface area contributed by atoms with Crippen molar-refractivity contribution in [2.45, 2.75) is 19.4 Å². The van der Waals surface area contributed by atoms with Crippen LogP contribution >= 0.6 is 24.8 Å². The minimum Gasteiger partial charge on any atom is -0.491 e. The molecule has 7 heteroatoms. The molecule has 0 spiro atoms. The standard InChI is InChI=1S/C18H21N3O2.2ClH/c1-2-23-16-8-5-10-20-17(16)18(22)21-12-15-14-7-4-3-6-13(14)9-11-19-15;;/h3-8,10,15,19H,2,9,11-12H2,1H3,(H,21,22);2*1H. The summed E-state index contributed by atoms with van der Waals surface area (Å²) in [6.45, 7) is 3.84. The van der Waals surface area contributed by atoms with Gasteiger partial charge in [-0.05, 0) is 43.1 Å². The number of benzene rings is 1. The van der Waals surface area contributed by atoms with Gasteiger partial charge in [0.05, 0.1) is 6.61 Å². The van der Waals surface area contributed by atoms with Crippen molar-refractivity contribution in [3.05, 3.63) is 59.4 Å². The molecule has 136 valence electrons. The second kappa shape index (κ2) is 10.2. The lowest BCUT2D eigenvalue weighted by Crippen LogP contribution is -2.39. The number of carbonyl (C=O) groups is 1. The minimum atomic E-state index is -0.209. The van der Waals surface area contributed by atoms with Crippen molar-refractivity contribution < 1.29 is 9.53 Å². The molecule has 2 N–H and O–H groups in total. The van der Waals surface area contributed by atoms with Crippen molar-refractivity contribution in [2.75, 3.05) is 19.7 Å². The van der Waals surface area contributed by atoms with E-state index in [2.05, 4.69) is 33.8 Å². The van der Waals surface area contributed by atoms with Gasteiger partial charge in [-0.15, -0.1) is 24.8 Å². The number of pyridine rings is 1. The van der Waals surface area contributed by atoms with Gasteiger partial charge in [-0.3, -0.25) is 4.79 Å². The Kier molecular flexibility index (Phi) is 8.69. The average Bonchev–Trinajstić information content (AvgIpc) is 2.60. The Balaban J connectivity index is 0.00000156.